The first-order valence-corrected chi connectivity index (χ1v) is 8.95. The first kappa shape index (κ1) is 19.6. The largest absolute Gasteiger partial charge is 0.416 e. The standard InChI is InChI=1S/C18H15F3N6O3/c19-18(20,21)13-3-1-12(2-4-13)17(28)25-9-7-24(8-10-25)15-6-5-14-22-11-16(27(29)30)26(14)23-15/h1-6,11H,7-10H2. The predicted molar refractivity (Wildman–Crippen MR) is 99.2 cm³/mol. The fourth-order valence-corrected chi connectivity index (χ4v) is 3.27. The fraction of sp³-hybridized carbons (Fsp3) is 0.278. The van der Waals surface area contributed by atoms with Crippen LogP contribution < -0.4 is 4.90 Å². The van der Waals surface area contributed by atoms with Crippen LogP contribution >= 0.6 is 0 Å². The Bertz CT molecular complexity index is 1100. The van der Waals surface area contributed by atoms with Crippen molar-refractivity contribution < 1.29 is 22.9 Å². The Morgan fingerprint density at radius 1 is 1.03 bits per heavy atom. The first-order valence-electron chi connectivity index (χ1n) is 8.95. The SMILES string of the molecule is O=C(c1ccc(C(F)(F)F)cc1)N1CCN(c2ccc3ncc([N+](=O)[O-])n3n2)CC1. The predicted octanol–water partition coefficient (Wildman–Crippen LogP) is 2.62. The Kier molecular flexibility index (Phi) is 4.76. The van der Waals surface area contributed by atoms with Crippen LogP contribution in [-0.2, 0) is 6.18 Å². The number of imidazole rings is 1. The Balaban J connectivity index is 1.45. The van der Waals surface area contributed by atoms with Crippen LogP contribution in [0.15, 0.2) is 42.6 Å². The minimum atomic E-state index is -4.45. The number of piperazine rings is 1. The summed E-state index contributed by atoms with van der Waals surface area (Å²) < 4.78 is 39.2. The van der Waals surface area contributed by atoms with Crippen molar-refractivity contribution in [1.29, 1.82) is 0 Å². The van der Waals surface area contributed by atoms with Gasteiger partial charge in [0.05, 0.1) is 5.56 Å². The van der Waals surface area contributed by atoms with Gasteiger partial charge in [-0.2, -0.15) is 13.2 Å². The smallest absolute Gasteiger partial charge is 0.358 e. The molecule has 1 aliphatic heterocycles. The average molecular weight is 420 g/mol. The van der Waals surface area contributed by atoms with E-state index < -0.39 is 16.7 Å². The van der Waals surface area contributed by atoms with Crippen molar-refractivity contribution in [1.82, 2.24) is 19.5 Å². The zero-order valence-electron chi connectivity index (χ0n) is 15.4. The Morgan fingerprint density at radius 2 is 1.70 bits per heavy atom. The van der Waals surface area contributed by atoms with Gasteiger partial charge < -0.3 is 19.9 Å². The molecule has 0 atom stereocenters. The second-order valence-electron chi connectivity index (χ2n) is 6.69. The molecule has 0 bridgehead atoms. The van der Waals surface area contributed by atoms with Gasteiger partial charge >= 0.3 is 12.0 Å². The Hall–Kier alpha value is -3.70. The van der Waals surface area contributed by atoms with Crippen LogP contribution in [0.4, 0.5) is 24.8 Å². The third-order valence-corrected chi connectivity index (χ3v) is 4.87. The number of nitro groups is 1. The second kappa shape index (κ2) is 7.28. The number of carbonyl (C=O) groups is 1. The number of hydrogen-bond donors (Lipinski definition) is 0. The van der Waals surface area contributed by atoms with E-state index in [2.05, 4.69) is 10.1 Å². The van der Waals surface area contributed by atoms with Crippen LogP contribution in [0.1, 0.15) is 15.9 Å². The van der Waals surface area contributed by atoms with E-state index in [1.54, 1.807) is 17.0 Å². The number of nitrogens with zero attached hydrogens (tertiary/aromatic N) is 6. The number of halogens is 3. The summed E-state index contributed by atoms with van der Waals surface area (Å²) in [4.78, 5) is 30.5. The molecule has 0 radical (unpaired) electrons. The van der Waals surface area contributed by atoms with Gasteiger partial charge in [0.1, 0.15) is 6.20 Å². The molecule has 1 fully saturated rings. The third-order valence-electron chi connectivity index (χ3n) is 4.87. The third kappa shape index (κ3) is 3.63. The number of benzene rings is 1. The second-order valence-corrected chi connectivity index (χ2v) is 6.69. The summed E-state index contributed by atoms with van der Waals surface area (Å²) in [6, 6.07) is 7.44. The molecule has 0 N–H and O–H groups in total. The highest BCUT2D eigenvalue weighted by atomic mass is 19.4. The summed E-state index contributed by atoms with van der Waals surface area (Å²) in [7, 11) is 0. The summed E-state index contributed by atoms with van der Waals surface area (Å²) in [5.41, 5.74) is -0.273. The number of fused-ring (bicyclic) bond motifs is 1. The molecule has 1 saturated heterocycles. The highest BCUT2D eigenvalue weighted by Crippen LogP contribution is 2.29. The fourth-order valence-electron chi connectivity index (χ4n) is 3.27. The van der Waals surface area contributed by atoms with E-state index in [0.717, 1.165) is 22.8 Å². The summed E-state index contributed by atoms with van der Waals surface area (Å²) in [5, 5.41) is 15.3. The van der Waals surface area contributed by atoms with Crippen molar-refractivity contribution in [3.8, 4) is 0 Å². The maximum atomic E-state index is 12.7. The van der Waals surface area contributed by atoms with Crippen molar-refractivity contribution in [2.45, 2.75) is 6.18 Å². The number of carbonyl (C=O) groups excluding carboxylic acids is 1. The lowest BCUT2D eigenvalue weighted by Crippen LogP contribution is -2.49. The van der Waals surface area contributed by atoms with E-state index in [1.807, 2.05) is 4.90 Å². The van der Waals surface area contributed by atoms with Crippen LogP contribution in [0.5, 0.6) is 0 Å². The topological polar surface area (TPSA) is 96.9 Å². The molecule has 1 aromatic carbocycles. The molecule has 9 nitrogen and oxygen atoms in total. The van der Waals surface area contributed by atoms with Crippen molar-refractivity contribution >= 4 is 23.2 Å². The van der Waals surface area contributed by atoms with Gasteiger partial charge in [-0.3, -0.25) is 4.79 Å². The molecular weight excluding hydrogens is 405 g/mol. The lowest BCUT2D eigenvalue weighted by molar-refractivity contribution is -0.391. The van der Waals surface area contributed by atoms with E-state index in [-0.39, 0.29) is 17.3 Å². The zero-order chi connectivity index (χ0) is 21.5. The molecule has 156 valence electrons. The molecule has 4 rings (SSSR count). The number of aromatic nitrogens is 3. The molecule has 0 saturated carbocycles. The summed E-state index contributed by atoms with van der Waals surface area (Å²) in [6.45, 7) is 1.53. The van der Waals surface area contributed by atoms with Crippen molar-refractivity contribution in [2.75, 3.05) is 31.1 Å². The number of anilines is 1. The summed E-state index contributed by atoms with van der Waals surface area (Å²) in [5.74, 6) is -0.0924. The Labute approximate surface area is 167 Å². The number of amides is 1. The van der Waals surface area contributed by atoms with E-state index in [1.165, 1.54) is 12.1 Å². The van der Waals surface area contributed by atoms with E-state index in [4.69, 9.17) is 0 Å². The van der Waals surface area contributed by atoms with Crippen molar-refractivity contribution in [3.05, 3.63) is 63.8 Å². The molecule has 0 spiro atoms. The van der Waals surface area contributed by atoms with E-state index in [0.29, 0.717) is 37.6 Å². The van der Waals surface area contributed by atoms with Crippen LogP contribution in [0.3, 0.4) is 0 Å². The van der Waals surface area contributed by atoms with E-state index >= 15 is 0 Å². The highest BCUT2D eigenvalue weighted by molar-refractivity contribution is 5.94. The zero-order valence-corrected chi connectivity index (χ0v) is 15.4. The number of hydrogen-bond acceptors (Lipinski definition) is 6. The van der Waals surface area contributed by atoms with Gasteiger partial charge in [-0.1, -0.05) is 9.61 Å². The molecule has 3 heterocycles. The quantitative estimate of drug-likeness (QED) is 0.477. The molecule has 3 aromatic rings. The molecule has 0 unspecified atom stereocenters. The molecule has 1 amide bonds. The highest BCUT2D eigenvalue weighted by Gasteiger charge is 2.31. The molecule has 1 aliphatic rings. The molecular formula is C18H15F3N6O3. The maximum Gasteiger partial charge on any atom is 0.416 e. The molecule has 12 heteroatoms. The minimum Gasteiger partial charge on any atom is -0.358 e. The van der Waals surface area contributed by atoms with Crippen molar-refractivity contribution in [2.24, 2.45) is 0 Å². The Morgan fingerprint density at radius 3 is 2.30 bits per heavy atom. The van der Waals surface area contributed by atoms with Gasteiger partial charge in [-0.25, -0.2) is 4.98 Å². The van der Waals surface area contributed by atoms with Crippen LogP contribution in [0, 0.1) is 10.1 Å². The first-order chi connectivity index (χ1) is 14.2. The van der Waals surface area contributed by atoms with Gasteiger partial charge in [0, 0.05) is 37.8 Å². The summed E-state index contributed by atoms with van der Waals surface area (Å²) in [6.07, 6.45) is -3.32. The maximum absolute atomic E-state index is 12.7. The molecule has 30 heavy (non-hydrogen) atoms. The minimum absolute atomic E-state index is 0.185. The molecule has 2 aromatic heterocycles. The van der Waals surface area contributed by atoms with E-state index in [9.17, 15) is 28.1 Å². The van der Waals surface area contributed by atoms with Crippen LogP contribution in [-0.4, -0.2) is 56.5 Å². The normalized spacial score (nSPS) is 14.9. The van der Waals surface area contributed by atoms with Gasteiger partial charge in [-0.15, -0.1) is 0 Å². The number of rotatable bonds is 3. The molecule has 0 aliphatic carbocycles. The number of alkyl halides is 3. The lowest BCUT2D eigenvalue weighted by atomic mass is 10.1. The average Bonchev–Trinajstić information content (AvgIpc) is 3.16. The van der Waals surface area contributed by atoms with Crippen LogP contribution in [0.25, 0.3) is 5.65 Å². The van der Waals surface area contributed by atoms with Gasteiger partial charge in [0.25, 0.3) is 5.91 Å². The monoisotopic (exact) mass is 420 g/mol. The van der Waals surface area contributed by atoms with Crippen LogP contribution in [0.2, 0.25) is 0 Å². The van der Waals surface area contributed by atoms with Gasteiger partial charge in [0.15, 0.2) is 5.82 Å². The summed E-state index contributed by atoms with van der Waals surface area (Å²) >= 11 is 0. The van der Waals surface area contributed by atoms with Gasteiger partial charge in [0.2, 0.25) is 5.65 Å². The lowest BCUT2D eigenvalue weighted by Gasteiger charge is -2.35. The van der Waals surface area contributed by atoms with Gasteiger partial charge in [-0.05, 0) is 35.3 Å². The van der Waals surface area contributed by atoms with Crippen molar-refractivity contribution in [3.63, 3.8) is 0 Å².